The summed E-state index contributed by atoms with van der Waals surface area (Å²) in [4.78, 5) is 18.0. The van der Waals surface area contributed by atoms with Gasteiger partial charge in [-0.2, -0.15) is 0 Å². The molecule has 0 bridgehead atoms. The molecule has 0 N–H and O–H groups in total. The van der Waals surface area contributed by atoms with Gasteiger partial charge in [-0.05, 0) is 43.9 Å². The molecule has 27 heavy (non-hydrogen) atoms. The molecule has 5 heteroatoms. The molecular weight excluding hydrogens is 340 g/mol. The van der Waals surface area contributed by atoms with E-state index in [1.54, 1.807) is 14.2 Å². The lowest BCUT2D eigenvalue weighted by atomic mass is 9.65. The zero-order valence-electron chi connectivity index (χ0n) is 16.6. The molecule has 1 aromatic carbocycles. The van der Waals surface area contributed by atoms with E-state index < -0.39 is 0 Å². The zero-order chi connectivity index (χ0) is 19.0. The molecule has 0 aromatic heterocycles. The van der Waals surface area contributed by atoms with Crippen LogP contribution in [0.2, 0.25) is 0 Å². The third-order valence-electron chi connectivity index (χ3n) is 7.71. The normalized spacial score (nSPS) is 36.4. The quantitative estimate of drug-likeness (QED) is 0.766. The molecular formula is C22H28N2O3. The van der Waals surface area contributed by atoms with Crippen molar-refractivity contribution in [2.75, 3.05) is 32.7 Å². The minimum Gasteiger partial charge on any atom is -0.493 e. The van der Waals surface area contributed by atoms with Crippen molar-refractivity contribution in [1.29, 1.82) is 0 Å². The van der Waals surface area contributed by atoms with Crippen molar-refractivity contribution >= 4 is 11.6 Å². The molecule has 1 saturated heterocycles. The second-order valence-corrected chi connectivity index (χ2v) is 8.50. The van der Waals surface area contributed by atoms with Crippen LogP contribution in [0.5, 0.6) is 11.5 Å². The van der Waals surface area contributed by atoms with Gasteiger partial charge in [-0.1, -0.05) is 19.1 Å². The van der Waals surface area contributed by atoms with Gasteiger partial charge in [-0.25, -0.2) is 0 Å². The summed E-state index contributed by atoms with van der Waals surface area (Å²) in [7, 11) is 5.53. The predicted molar refractivity (Wildman–Crippen MR) is 104 cm³/mol. The Balaban J connectivity index is 1.82. The van der Waals surface area contributed by atoms with Crippen molar-refractivity contribution in [3.05, 3.63) is 29.8 Å². The molecule has 5 nitrogen and oxygen atoms in total. The number of likely N-dealkylation sites (N-methyl/N-ethyl adjacent to an activating group) is 1. The van der Waals surface area contributed by atoms with Crippen LogP contribution < -0.4 is 14.4 Å². The first kappa shape index (κ1) is 17.1. The van der Waals surface area contributed by atoms with Crippen LogP contribution in [0.1, 0.15) is 44.1 Å². The Morgan fingerprint density at radius 2 is 1.96 bits per heavy atom. The molecule has 1 aromatic rings. The van der Waals surface area contributed by atoms with Crippen LogP contribution >= 0.6 is 0 Å². The highest BCUT2D eigenvalue weighted by Crippen LogP contribution is 2.70. The van der Waals surface area contributed by atoms with Gasteiger partial charge >= 0.3 is 0 Å². The lowest BCUT2D eigenvalue weighted by Gasteiger charge is -2.59. The largest absolute Gasteiger partial charge is 0.493 e. The molecule has 4 atom stereocenters. The summed E-state index contributed by atoms with van der Waals surface area (Å²) in [6.07, 6.45) is 8.53. The molecule has 3 heterocycles. The fraction of sp³-hybridized carbons (Fsp3) is 0.591. The smallest absolute Gasteiger partial charge is 0.229 e. The van der Waals surface area contributed by atoms with E-state index in [4.69, 9.17) is 9.47 Å². The van der Waals surface area contributed by atoms with Crippen LogP contribution in [0.25, 0.3) is 0 Å². The Labute approximate surface area is 160 Å². The maximum absolute atomic E-state index is 13.4. The van der Waals surface area contributed by atoms with Crippen molar-refractivity contribution in [3.63, 3.8) is 0 Å². The Morgan fingerprint density at radius 3 is 2.67 bits per heavy atom. The maximum Gasteiger partial charge on any atom is 0.229 e. The topological polar surface area (TPSA) is 42.0 Å². The Kier molecular flexibility index (Phi) is 3.49. The second kappa shape index (κ2) is 5.51. The number of rotatable bonds is 3. The summed E-state index contributed by atoms with van der Waals surface area (Å²) in [5.41, 5.74) is 1.94. The Bertz CT molecular complexity index is 850. The number of ether oxygens (including phenoxy) is 2. The van der Waals surface area contributed by atoms with E-state index in [-0.39, 0.29) is 17.0 Å². The molecule has 1 amide bonds. The van der Waals surface area contributed by atoms with Gasteiger partial charge in [0, 0.05) is 30.4 Å². The predicted octanol–water partition coefficient (Wildman–Crippen LogP) is 3.54. The van der Waals surface area contributed by atoms with E-state index in [0.717, 1.165) is 37.2 Å². The molecule has 4 unspecified atom stereocenters. The van der Waals surface area contributed by atoms with E-state index in [1.807, 2.05) is 6.07 Å². The van der Waals surface area contributed by atoms with Gasteiger partial charge < -0.3 is 9.47 Å². The summed E-state index contributed by atoms with van der Waals surface area (Å²) in [5, 5.41) is 0. The highest BCUT2D eigenvalue weighted by molar-refractivity contribution is 6.01. The Hall–Kier alpha value is -2.01. The van der Waals surface area contributed by atoms with Crippen LogP contribution in [0.15, 0.2) is 24.3 Å². The second-order valence-electron chi connectivity index (χ2n) is 8.50. The van der Waals surface area contributed by atoms with Gasteiger partial charge in [0.25, 0.3) is 0 Å². The fourth-order valence-corrected chi connectivity index (χ4v) is 6.88. The zero-order valence-corrected chi connectivity index (χ0v) is 16.6. The van der Waals surface area contributed by atoms with Crippen molar-refractivity contribution < 1.29 is 14.3 Å². The standard InChI is InChI=1S/C22H28N2O3/c1-5-14-15-11-18(26-3)19(27-4)12-17(15)24-20(25)13-21-8-6-10-23(2)22(21,24)16(14)7-9-21/h6,8,11-12,14,16H,5,7,9-10,13H2,1-4H3. The number of benzene rings is 1. The summed E-state index contributed by atoms with van der Waals surface area (Å²) >= 11 is 0. The summed E-state index contributed by atoms with van der Waals surface area (Å²) in [5.74, 6) is 2.53. The molecule has 4 aliphatic rings. The maximum atomic E-state index is 13.4. The highest BCUT2D eigenvalue weighted by atomic mass is 16.5. The van der Waals surface area contributed by atoms with Crippen molar-refractivity contribution in [3.8, 4) is 11.5 Å². The van der Waals surface area contributed by atoms with Crippen molar-refractivity contribution in [2.45, 2.75) is 44.2 Å². The van der Waals surface area contributed by atoms with Crippen molar-refractivity contribution in [2.24, 2.45) is 11.3 Å². The third kappa shape index (κ3) is 1.77. The number of carbonyl (C=O) groups excluding carboxylic acids is 1. The molecule has 144 valence electrons. The third-order valence-corrected chi connectivity index (χ3v) is 7.71. The molecule has 5 rings (SSSR count). The van der Waals surface area contributed by atoms with Gasteiger partial charge in [-0.3, -0.25) is 14.6 Å². The fourth-order valence-electron chi connectivity index (χ4n) is 6.88. The van der Waals surface area contributed by atoms with Crippen LogP contribution in [0.4, 0.5) is 5.69 Å². The molecule has 1 saturated carbocycles. The Morgan fingerprint density at radius 1 is 1.22 bits per heavy atom. The summed E-state index contributed by atoms with van der Waals surface area (Å²) in [6.45, 7) is 3.16. The lowest BCUT2D eigenvalue weighted by Crippen LogP contribution is -2.69. The van der Waals surface area contributed by atoms with Gasteiger partial charge in [0.05, 0.1) is 19.9 Å². The molecule has 0 radical (unpaired) electrons. The SMILES string of the molecule is CCC1c2cc(OC)c(OC)cc2N2C(=O)CC34C=CCN(C)C23C1CC4. The first-order chi connectivity index (χ1) is 13.0. The number of hydrogen-bond acceptors (Lipinski definition) is 4. The van der Waals surface area contributed by atoms with Gasteiger partial charge in [0.2, 0.25) is 5.91 Å². The van der Waals surface area contributed by atoms with Crippen molar-refractivity contribution in [1.82, 2.24) is 4.90 Å². The van der Waals surface area contributed by atoms with E-state index in [2.05, 4.69) is 42.0 Å². The first-order valence-electron chi connectivity index (χ1n) is 10.0. The number of fused-ring (bicyclic) bond motifs is 2. The highest BCUT2D eigenvalue weighted by Gasteiger charge is 2.73. The van der Waals surface area contributed by atoms with E-state index in [9.17, 15) is 4.79 Å². The number of carbonyl (C=O) groups is 1. The van der Waals surface area contributed by atoms with Gasteiger partial charge in [0.1, 0.15) is 5.66 Å². The van der Waals surface area contributed by atoms with Crippen LogP contribution in [0, 0.1) is 11.3 Å². The number of nitrogens with zero attached hydrogens (tertiary/aromatic N) is 2. The minimum absolute atomic E-state index is 0.0694. The van der Waals surface area contributed by atoms with Gasteiger partial charge in [0.15, 0.2) is 11.5 Å². The van der Waals surface area contributed by atoms with Crippen LogP contribution in [-0.2, 0) is 4.79 Å². The summed E-state index contributed by atoms with van der Waals surface area (Å²) < 4.78 is 11.2. The minimum atomic E-state index is -0.244. The van der Waals surface area contributed by atoms with E-state index >= 15 is 0 Å². The summed E-state index contributed by atoms with van der Waals surface area (Å²) in [6, 6.07) is 4.14. The number of hydrogen-bond donors (Lipinski definition) is 0. The average Bonchev–Trinajstić information content (AvgIpc) is 3.14. The molecule has 1 spiro atoms. The number of anilines is 1. The lowest BCUT2D eigenvalue weighted by molar-refractivity contribution is -0.118. The first-order valence-corrected chi connectivity index (χ1v) is 10.0. The van der Waals surface area contributed by atoms with Crippen LogP contribution in [-0.4, -0.2) is 44.3 Å². The van der Waals surface area contributed by atoms with E-state index in [1.165, 1.54) is 5.56 Å². The van der Waals surface area contributed by atoms with E-state index in [0.29, 0.717) is 24.0 Å². The number of amides is 1. The average molecular weight is 368 g/mol. The molecule has 3 aliphatic heterocycles. The monoisotopic (exact) mass is 368 g/mol. The molecule has 2 fully saturated rings. The number of methoxy groups -OCH3 is 2. The molecule has 1 aliphatic carbocycles. The van der Waals surface area contributed by atoms with Crippen LogP contribution in [0.3, 0.4) is 0 Å². The van der Waals surface area contributed by atoms with Gasteiger partial charge in [-0.15, -0.1) is 0 Å².